The summed E-state index contributed by atoms with van der Waals surface area (Å²) in [6.45, 7) is 3.43. The van der Waals surface area contributed by atoms with Gasteiger partial charge in [0.25, 0.3) is 5.56 Å². The first-order chi connectivity index (χ1) is 7.50. The number of carboxylic acid groups (broad SMARTS) is 1. The lowest BCUT2D eigenvalue weighted by atomic mass is 10.2. The number of hydrogen-bond acceptors (Lipinski definition) is 4. The number of carboxylic acids is 1. The fourth-order valence-corrected chi connectivity index (χ4v) is 1.39. The van der Waals surface area contributed by atoms with Crippen LogP contribution in [0.3, 0.4) is 0 Å². The smallest absolute Gasteiger partial charge is 0.339 e. The van der Waals surface area contributed by atoms with E-state index >= 15 is 0 Å². The van der Waals surface area contributed by atoms with E-state index in [2.05, 4.69) is 15.0 Å². The van der Waals surface area contributed by atoms with Crippen LogP contribution in [0.15, 0.2) is 11.0 Å². The Morgan fingerprint density at radius 2 is 1.81 bits per heavy atom. The van der Waals surface area contributed by atoms with Gasteiger partial charge >= 0.3 is 5.97 Å². The predicted molar refractivity (Wildman–Crippen MR) is 56.6 cm³/mol. The van der Waals surface area contributed by atoms with E-state index in [0.29, 0.717) is 11.4 Å². The topological polar surface area (TPSA) is 95.9 Å². The van der Waals surface area contributed by atoms with Crippen molar-refractivity contribution < 1.29 is 9.90 Å². The molecule has 2 aromatic heterocycles. The number of nitrogens with zero attached hydrogens (tertiary/aromatic N) is 2. The molecule has 0 aromatic carbocycles. The lowest BCUT2D eigenvalue weighted by Gasteiger charge is -2.03. The van der Waals surface area contributed by atoms with Crippen molar-refractivity contribution in [1.82, 2.24) is 15.0 Å². The van der Waals surface area contributed by atoms with Crippen molar-refractivity contribution in [2.75, 3.05) is 0 Å². The Kier molecular flexibility index (Phi) is 2.19. The van der Waals surface area contributed by atoms with Crippen molar-refractivity contribution in [2.24, 2.45) is 0 Å². The average Bonchev–Trinajstić information content (AvgIpc) is 2.21. The lowest BCUT2D eigenvalue weighted by Crippen LogP contribution is -2.14. The van der Waals surface area contributed by atoms with Crippen LogP contribution >= 0.6 is 0 Å². The van der Waals surface area contributed by atoms with Gasteiger partial charge in [-0.3, -0.25) is 4.79 Å². The summed E-state index contributed by atoms with van der Waals surface area (Å²) in [7, 11) is 0. The standard InChI is InChI=1S/C10H9N3O3/c1-4-5(2)13-8-7(12-4)6(10(15)16)3-11-9(8)14/h3H,1-2H3,(H,11,14)(H,15,16). The van der Waals surface area contributed by atoms with Gasteiger partial charge in [-0.1, -0.05) is 0 Å². The van der Waals surface area contributed by atoms with Crippen molar-refractivity contribution >= 4 is 17.0 Å². The molecule has 0 radical (unpaired) electrons. The van der Waals surface area contributed by atoms with E-state index in [1.54, 1.807) is 13.8 Å². The van der Waals surface area contributed by atoms with Crippen molar-refractivity contribution in [3.63, 3.8) is 0 Å². The molecule has 0 aliphatic rings. The van der Waals surface area contributed by atoms with Gasteiger partial charge < -0.3 is 10.1 Å². The Balaban J connectivity index is 2.99. The van der Waals surface area contributed by atoms with Crippen LogP contribution in [0.5, 0.6) is 0 Å². The number of hydrogen-bond donors (Lipinski definition) is 2. The van der Waals surface area contributed by atoms with E-state index in [1.807, 2.05) is 0 Å². The monoisotopic (exact) mass is 219 g/mol. The van der Waals surface area contributed by atoms with Gasteiger partial charge in [0.05, 0.1) is 11.4 Å². The number of pyridine rings is 1. The molecule has 6 heteroatoms. The summed E-state index contributed by atoms with van der Waals surface area (Å²) < 4.78 is 0. The quantitative estimate of drug-likeness (QED) is 0.733. The normalized spacial score (nSPS) is 10.6. The SMILES string of the molecule is Cc1nc2c(C(=O)O)c[nH]c(=O)c2nc1C. The third kappa shape index (κ3) is 1.44. The van der Waals surface area contributed by atoms with E-state index in [-0.39, 0.29) is 16.6 Å². The first kappa shape index (κ1) is 10.3. The second-order valence-corrected chi connectivity index (χ2v) is 3.43. The van der Waals surface area contributed by atoms with Crippen LogP contribution in [0.25, 0.3) is 11.0 Å². The van der Waals surface area contributed by atoms with Crippen LogP contribution < -0.4 is 5.56 Å². The molecule has 2 N–H and O–H groups in total. The highest BCUT2D eigenvalue weighted by atomic mass is 16.4. The van der Waals surface area contributed by atoms with Gasteiger partial charge in [-0.25, -0.2) is 14.8 Å². The second kappa shape index (κ2) is 3.41. The fourth-order valence-electron chi connectivity index (χ4n) is 1.39. The molecule has 0 spiro atoms. The van der Waals surface area contributed by atoms with Crippen LogP contribution in [0, 0.1) is 13.8 Å². The molecule has 0 atom stereocenters. The number of aromatic carboxylic acids is 1. The first-order valence-electron chi connectivity index (χ1n) is 4.60. The molecule has 0 amide bonds. The summed E-state index contributed by atoms with van der Waals surface area (Å²) in [6.07, 6.45) is 1.14. The van der Waals surface area contributed by atoms with E-state index < -0.39 is 11.5 Å². The number of fused-ring (bicyclic) bond motifs is 1. The summed E-state index contributed by atoms with van der Waals surface area (Å²) in [4.78, 5) is 32.9. The van der Waals surface area contributed by atoms with Crippen LogP contribution in [0.2, 0.25) is 0 Å². The van der Waals surface area contributed by atoms with Crippen molar-refractivity contribution in [3.05, 3.63) is 33.5 Å². The molecule has 6 nitrogen and oxygen atoms in total. The molecule has 82 valence electrons. The minimum atomic E-state index is -1.14. The Bertz CT molecular complexity index is 646. The molecule has 0 aliphatic heterocycles. The van der Waals surface area contributed by atoms with Crippen LogP contribution in [-0.2, 0) is 0 Å². The number of aromatic nitrogens is 3. The number of H-pyrrole nitrogens is 1. The molecule has 0 saturated carbocycles. The number of rotatable bonds is 1. The van der Waals surface area contributed by atoms with Gasteiger partial charge in [0, 0.05) is 6.20 Å². The molecule has 2 aromatic rings. The molecule has 16 heavy (non-hydrogen) atoms. The highest BCUT2D eigenvalue weighted by molar-refractivity contribution is 5.99. The van der Waals surface area contributed by atoms with E-state index in [4.69, 9.17) is 5.11 Å². The Labute approximate surface area is 90.0 Å². The van der Waals surface area contributed by atoms with E-state index in [0.717, 1.165) is 6.20 Å². The van der Waals surface area contributed by atoms with Gasteiger partial charge in [0.2, 0.25) is 0 Å². The number of nitrogens with one attached hydrogen (secondary N) is 1. The van der Waals surface area contributed by atoms with Crippen molar-refractivity contribution in [2.45, 2.75) is 13.8 Å². The molecule has 0 saturated heterocycles. The average molecular weight is 219 g/mol. The van der Waals surface area contributed by atoms with E-state index in [9.17, 15) is 9.59 Å². The van der Waals surface area contributed by atoms with Gasteiger partial charge in [0.1, 0.15) is 11.1 Å². The summed E-state index contributed by atoms with van der Waals surface area (Å²) >= 11 is 0. The maximum atomic E-state index is 11.5. The van der Waals surface area contributed by atoms with Crippen LogP contribution in [0.4, 0.5) is 0 Å². The zero-order valence-corrected chi connectivity index (χ0v) is 8.74. The highest BCUT2D eigenvalue weighted by Crippen LogP contribution is 2.12. The molecule has 0 unspecified atom stereocenters. The zero-order valence-electron chi connectivity index (χ0n) is 8.74. The van der Waals surface area contributed by atoms with Crippen molar-refractivity contribution in [3.8, 4) is 0 Å². The Morgan fingerprint density at radius 1 is 1.25 bits per heavy atom. The third-order valence-electron chi connectivity index (χ3n) is 2.36. The first-order valence-corrected chi connectivity index (χ1v) is 4.60. The molecular formula is C10H9N3O3. The number of carbonyl (C=O) groups is 1. The van der Waals surface area contributed by atoms with Gasteiger partial charge in [-0.05, 0) is 13.8 Å². The lowest BCUT2D eigenvalue weighted by molar-refractivity contribution is 0.0698. The summed E-state index contributed by atoms with van der Waals surface area (Å²) in [5, 5.41) is 8.94. The highest BCUT2D eigenvalue weighted by Gasteiger charge is 2.14. The third-order valence-corrected chi connectivity index (χ3v) is 2.36. The fraction of sp³-hybridized carbons (Fsp3) is 0.200. The molecular weight excluding hydrogens is 210 g/mol. The predicted octanol–water partition coefficient (Wildman–Crippen LogP) is 0.633. The summed E-state index contributed by atoms with van der Waals surface area (Å²) in [5.74, 6) is -1.14. The minimum absolute atomic E-state index is 0.0507. The molecule has 2 rings (SSSR count). The summed E-state index contributed by atoms with van der Waals surface area (Å²) in [6, 6.07) is 0. The molecule has 0 bridgehead atoms. The molecule has 2 heterocycles. The molecule has 0 fully saturated rings. The summed E-state index contributed by atoms with van der Waals surface area (Å²) in [5.41, 5.74) is 0.921. The Hall–Kier alpha value is -2.24. The Morgan fingerprint density at radius 3 is 2.38 bits per heavy atom. The maximum Gasteiger partial charge on any atom is 0.339 e. The van der Waals surface area contributed by atoms with E-state index in [1.165, 1.54) is 0 Å². The minimum Gasteiger partial charge on any atom is -0.478 e. The molecule has 0 aliphatic carbocycles. The number of aromatic amines is 1. The van der Waals surface area contributed by atoms with Gasteiger partial charge in [0.15, 0.2) is 5.52 Å². The largest absolute Gasteiger partial charge is 0.478 e. The van der Waals surface area contributed by atoms with Gasteiger partial charge in [-0.2, -0.15) is 0 Å². The maximum absolute atomic E-state index is 11.5. The van der Waals surface area contributed by atoms with Crippen molar-refractivity contribution in [1.29, 1.82) is 0 Å². The van der Waals surface area contributed by atoms with Crippen LogP contribution in [0.1, 0.15) is 21.7 Å². The number of aryl methyl sites for hydroxylation is 2. The second-order valence-electron chi connectivity index (χ2n) is 3.43. The van der Waals surface area contributed by atoms with Gasteiger partial charge in [-0.15, -0.1) is 0 Å². The zero-order chi connectivity index (χ0) is 11.9. The van der Waals surface area contributed by atoms with Crippen LogP contribution in [-0.4, -0.2) is 26.0 Å².